The minimum Gasteiger partial charge on any atom is -0.387 e. The van der Waals surface area contributed by atoms with Crippen molar-refractivity contribution < 1.29 is 34.0 Å². The number of aliphatic hydroxyl groups is 2. The standard InChI is InChI=1S/C16H27NO7.ClH/c18-11(10-17-4-8-21-9-5-17)2-3-12-15-13(19)14(20)16(24-12)23-7-1-6-22-15;/h12-16,19-20H,1-10H2;1H. The maximum absolute atomic E-state index is 12.2. The second-order valence-corrected chi connectivity index (χ2v) is 6.55. The predicted molar refractivity (Wildman–Crippen MR) is 89.7 cm³/mol. The third kappa shape index (κ3) is 5.58. The first kappa shape index (κ1) is 21.0. The number of hydrogen-bond acceptors (Lipinski definition) is 8. The number of aliphatic hydroxyl groups excluding tert-OH is 2. The first-order valence-corrected chi connectivity index (χ1v) is 8.72. The van der Waals surface area contributed by atoms with Crippen molar-refractivity contribution >= 4 is 18.2 Å². The van der Waals surface area contributed by atoms with E-state index in [2.05, 4.69) is 4.90 Å². The van der Waals surface area contributed by atoms with Gasteiger partial charge in [0, 0.05) is 26.1 Å². The highest BCUT2D eigenvalue weighted by atomic mass is 35.5. The van der Waals surface area contributed by atoms with Crippen LogP contribution in [0.4, 0.5) is 0 Å². The highest BCUT2D eigenvalue weighted by Crippen LogP contribution is 2.28. The minimum atomic E-state index is -1.13. The van der Waals surface area contributed by atoms with E-state index in [1.54, 1.807) is 0 Å². The second kappa shape index (κ2) is 10.1. The van der Waals surface area contributed by atoms with Gasteiger partial charge >= 0.3 is 0 Å². The van der Waals surface area contributed by atoms with Crippen molar-refractivity contribution in [2.24, 2.45) is 0 Å². The van der Waals surface area contributed by atoms with Crippen LogP contribution in [0.25, 0.3) is 0 Å². The maximum atomic E-state index is 12.2. The van der Waals surface area contributed by atoms with E-state index in [9.17, 15) is 15.0 Å². The summed E-state index contributed by atoms with van der Waals surface area (Å²) >= 11 is 0. The number of nitrogens with zero attached hydrogens (tertiary/aromatic N) is 1. The molecule has 9 heteroatoms. The minimum absolute atomic E-state index is 0. The summed E-state index contributed by atoms with van der Waals surface area (Å²) in [6, 6.07) is 0. The molecule has 25 heavy (non-hydrogen) atoms. The van der Waals surface area contributed by atoms with E-state index < -0.39 is 30.7 Å². The Bertz CT molecular complexity index is 419. The Morgan fingerprint density at radius 1 is 1.04 bits per heavy atom. The summed E-state index contributed by atoms with van der Waals surface area (Å²) in [7, 11) is 0. The third-order valence-corrected chi connectivity index (χ3v) is 4.73. The van der Waals surface area contributed by atoms with Crippen molar-refractivity contribution in [1.82, 2.24) is 4.90 Å². The average Bonchev–Trinajstić information content (AvgIpc) is 2.73. The Kier molecular flexibility index (Phi) is 8.50. The molecule has 4 heterocycles. The van der Waals surface area contributed by atoms with E-state index in [1.807, 2.05) is 0 Å². The highest BCUT2D eigenvalue weighted by Gasteiger charge is 2.46. The number of morpholine rings is 1. The molecule has 0 spiro atoms. The molecule has 2 N–H and O–H groups in total. The van der Waals surface area contributed by atoms with Crippen molar-refractivity contribution in [3.63, 3.8) is 0 Å². The molecule has 0 saturated carbocycles. The van der Waals surface area contributed by atoms with Gasteiger partial charge in [0.15, 0.2) is 6.29 Å². The monoisotopic (exact) mass is 381 g/mol. The number of carbonyl (C=O) groups is 1. The van der Waals surface area contributed by atoms with Gasteiger partial charge in [-0.2, -0.15) is 0 Å². The lowest BCUT2D eigenvalue weighted by Crippen LogP contribution is -2.58. The first-order valence-electron chi connectivity index (χ1n) is 8.72. The van der Waals surface area contributed by atoms with Crippen LogP contribution in [0.3, 0.4) is 0 Å². The Balaban J connectivity index is 0.00000225. The van der Waals surface area contributed by atoms with E-state index in [0.29, 0.717) is 52.2 Å². The lowest BCUT2D eigenvalue weighted by molar-refractivity contribution is -0.295. The summed E-state index contributed by atoms with van der Waals surface area (Å²) in [5.41, 5.74) is 0. The largest absolute Gasteiger partial charge is 0.387 e. The van der Waals surface area contributed by atoms with Crippen LogP contribution in [0.1, 0.15) is 19.3 Å². The van der Waals surface area contributed by atoms with Gasteiger partial charge < -0.3 is 29.2 Å². The topological polar surface area (TPSA) is 97.7 Å². The molecule has 0 radical (unpaired) electrons. The second-order valence-electron chi connectivity index (χ2n) is 6.55. The van der Waals surface area contributed by atoms with Gasteiger partial charge in [-0.15, -0.1) is 12.4 Å². The van der Waals surface area contributed by atoms with Crippen LogP contribution in [0, 0.1) is 0 Å². The quantitative estimate of drug-likeness (QED) is 0.648. The van der Waals surface area contributed by atoms with Crippen LogP contribution in [-0.2, 0) is 23.7 Å². The summed E-state index contributed by atoms with van der Waals surface area (Å²) in [5.74, 6) is 0.132. The van der Waals surface area contributed by atoms with E-state index in [0.717, 1.165) is 13.1 Å². The lowest BCUT2D eigenvalue weighted by Gasteiger charge is -2.41. The van der Waals surface area contributed by atoms with Gasteiger partial charge in [-0.25, -0.2) is 0 Å². The molecule has 0 aromatic rings. The van der Waals surface area contributed by atoms with Crippen molar-refractivity contribution in [2.45, 2.75) is 50.0 Å². The molecule has 2 bridgehead atoms. The van der Waals surface area contributed by atoms with Crippen LogP contribution in [0.15, 0.2) is 0 Å². The fourth-order valence-electron chi connectivity index (χ4n) is 3.35. The van der Waals surface area contributed by atoms with E-state index in [-0.39, 0.29) is 18.2 Å². The molecule has 146 valence electrons. The Morgan fingerprint density at radius 3 is 2.52 bits per heavy atom. The SMILES string of the molecule is Cl.O=C(CCC1OC2OCCCOC1C(O)C2O)CN1CCOCC1. The number of fused-ring (bicyclic) bond motifs is 6. The van der Waals surface area contributed by atoms with E-state index in [4.69, 9.17) is 18.9 Å². The van der Waals surface area contributed by atoms with E-state index in [1.165, 1.54) is 0 Å². The van der Waals surface area contributed by atoms with Gasteiger partial charge in [-0.3, -0.25) is 9.69 Å². The van der Waals surface area contributed by atoms with Crippen molar-refractivity contribution in [1.29, 1.82) is 0 Å². The zero-order valence-corrected chi connectivity index (χ0v) is 15.1. The molecule has 4 aliphatic heterocycles. The Hall–Kier alpha value is -0.320. The van der Waals surface area contributed by atoms with Crippen LogP contribution in [-0.4, -0.2) is 97.7 Å². The van der Waals surface area contributed by atoms with Crippen LogP contribution >= 0.6 is 12.4 Å². The number of carbonyl (C=O) groups excluding carboxylic acids is 1. The fraction of sp³-hybridized carbons (Fsp3) is 0.938. The zero-order chi connectivity index (χ0) is 16.9. The van der Waals surface area contributed by atoms with Gasteiger partial charge in [0.2, 0.25) is 0 Å². The fourth-order valence-corrected chi connectivity index (χ4v) is 3.35. The summed E-state index contributed by atoms with van der Waals surface area (Å²) in [4.78, 5) is 14.3. The molecule has 4 fully saturated rings. The number of ether oxygens (including phenoxy) is 4. The number of halogens is 1. The van der Waals surface area contributed by atoms with Gasteiger partial charge in [0.25, 0.3) is 0 Å². The Morgan fingerprint density at radius 2 is 1.76 bits per heavy atom. The number of rotatable bonds is 5. The molecule has 0 aromatic carbocycles. The normalized spacial score (nSPS) is 36.8. The lowest BCUT2D eigenvalue weighted by atomic mass is 9.95. The van der Waals surface area contributed by atoms with Crippen LogP contribution in [0.5, 0.6) is 0 Å². The molecule has 5 atom stereocenters. The molecule has 8 nitrogen and oxygen atoms in total. The smallest absolute Gasteiger partial charge is 0.186 e. The molecular weight excluding hydrogens is 354 g/mol. The molecule has 0 amide bonds. The molecular formula is C16H28ClNO7. The molecule has 0 aliphatic carbocycles. The number of Topliss-reactive ketones (excluding diaryl/α,β-unsaturated/α-hetero) is 1. The summed E-state index contributed by atoms with van der Waals surface area (Å²) in [6.07, 6.45) is -2.69. The molecule has 4 aliphatic rings. The first-order chi connectivity index (χ1) is 11.6. The van der Waals surface area contributed by atoms with Crippen LogP contribution < -0.4 is 0 Å². The highest BCUT2D eigenvalue weighted by molar-refractivity contribution is 5.85. The predicted octanol–water partition coefficient (Wildman–Crippen LogP) is -0.658. The molecule has 5 unspecified atom stereocenters. The van der Waals surface area contributed by atoms with Gasteiger partial charge in [-0.05, 0) is 12.8 Å². The zero-order valence-electron chi connectivity index (χ0n) is 14.2. The van der Waals surface area contributed by atoms with Crippen molar-refractivity contribution in [3.05, 3.63) is 0 Å². The summed E-state index contributed by atoms with van der Waals surface area (Å²) < 4.78 is 22.2. The van der Waals surface area contributed by atoms with Gasteiger partial charge in [-0.1, -0.05) is 0 Å². The molecule has 0 aromatic heterocycles. The molecule has 4 rings (SSSR count). The third-order valence-electron chi connectivity index (χ3n) is 4.73. The van der Waals surface area contributed by atoms with Gasteiger partial charge in [0.05, 0.1) is 32.5 Å². The van der Waals surface area contributed by atoms with E-state index >= 15 is 0 Å². The summed E-state index contributed by atoms with van der Waals surface area (Å²) in [6.45, 7) is 4.13. The van der Waals surface area contributed by atoms with Crippen molar-refractivity contribution in [3.8, 4) is 0 Å². The van der Waals surface area contributed by atoms with Gasteiger partial charge in [0.1, 0.15) is 24.1 Å². The maximum Gasteiger partial charge on any atom is 0.186 e. The number of hydrogen-bond donors (Lipinski definition) is 2. The van der Waals surface area contributed by atoms with Crippen LogP contribution in [0.2, 0.25) is 0 Å². The average molecular weight is 382 g/mol. The summed E-state index contributed by atoms with van der Waals surface area (Å²) in [5, 5.41) is 20.3. The number of ketones is 1. The Labute approximate surface area is 153 Å². The van der Waals surface area contributed by atoms with Crippen molar-refractivity contribution in [2.75, 3.05) is 46.1 Å². The molecule has 4 saturated heterocycles.